The maximum Gasteiger partial charge on any atom is 0.324 e. The molecule has 0 spiro atoms. The summed E-state index contributed by atoms with van der Waals surface area (Å²) in [5.41, 5.74) is 0. The van der Waals surface area contributed by atoms with E-state index in [9.17, 15) is 13.2 Å². The lowest BCUT2D eigenvalue weighted by Crippen LogP contribution is -2.44. The predicted molar refractivity (Wildman–Crippen MR) is 51.9 cm³/mol. The molecule has 0 heterocycles. The fraction of sp³-hybridized carbons (Fsp3) is 0.857. The monoisotopic (exact) mass is 241 g/mol. The van der Waals surface area contributed by atoms with Crippen LogP contribution in [0.3, 0.4) is 0 Å². The first-order valence-corrected chi connectivity index (χ1v) is 5.90. The molecule has 0 aromatic rings. The average molecular weight is 241 g/mol. The highest BCUT2D eigenvalue weighted by Crippen LogP contribution is 1.93. The Kier molecular flexibility index (Phi) is 6.41. The third-order valence-electron chi connectivity index (χ3n) is 1.56. The second-order valence-corrected chi connectivity index (χ2v) is 4.73. The molecule has 0 unspecified atom stereocenters. The Morgan fingerprint density at radius 2 is 2.13 bits per heavy atom. The first kappa shape index (κ1) is 14.3. The van der Waals surface area contributed by atoms with Crippen LogP contribution in [-0.4, -0.2) is 56.7 Å². The SMILES string of the molecule is COCCCS(=O)(=O)N[C@@H](CO)C(=O)O. The highest BCUT2D eigenvalue weighted by Gasteiger charge is 2.22. The lowest BCUT2D eigenvalue weighted by molar-refractivity contribution is -0.139. The van der Waals surface area contributed by atoms with Crippen LogP contribution >= 0.6 is 0 Å². The van der Waals surface area contributed by atoms with Crippen LogP contribution in [0.25, 0.3) is 0 Å². The molecule has 0 saturated carbocycles. The van der Waals surface area contributed by atoms with E-state index >= 15 is 0 Å². The molecule has 3 N–H and O–H groups in total. The van der Waals surface area contributed by atoms with Crippen LogP contribution < -0.4 is 4.72 Å². The molecule has 0 aliphatic carbocycles. The van der Waals surface area contributed by atoms with E-state index in [0.29, 0.717) is 0 Å². The molecular formula is C7H15NO6S. The zero-order chi connectivity index (χ0) is 11.9. The Morgan fingerprint density at radius 3 is 2.53 bits per heavy atom. The largest absolute Gasteiger partial charge is 0.480 e. The summed E-state index contributed by atoms with van der Waals surface area (Å²) < 4.78 is 29.0. The summed E-state index contributed by atoms with van der Waals surface area (Å²) in [6.45, 7) is -0.503. The van der Waals surface area contributed by atoms with Gasteiger partial charge in [0.1, 0.15) is 6.04 Å². The molecule has 0 saturated heterocycles. The van der Waals surface area contributed by atoms with Crippen molar-refractivity contribution in [3.8, 4) is 0 Å². The van der Waals surface area contributed by atoms with Crippen LogP contribution in [0.4, 0.5) is 0 Å². The molecule has 7 nitrogen and oxygen atoms in total. The van der Waals surface area contributed by atoms with Crippen molar-refractivity contribution in [1.82, 2.24) is 4.72 Å². The number of rotatable bonds is 8. The normalized spacial score (nSPS) is 13.7. The molecule has 0 amide bonds. The van der Waals surface area contributed by atoms with Gasteiger partial charge in [0.25, 0.3) is 0 Å². The summed E-state index contributed by atoms with van der Waals surface area (Å²) in [6.07, 6.45) is 0.267. The summed E-state index contributed by atoms with van der Waals surface area (Å²) in [7, 11) is -2.24. The van der Waals surface area contributed by atoms with Gasteiger partial charge in [0.05, 0.1) is 12.4 Å². The van der Waals surface area contributed by atoms with E-state index in [2.05, 4.69) is 4.74 Å². The van der Waals surface area contributed by atoms with Crippen LogP contribution in [0.15, 0.2) is 0 Å². The van der Waals surface area contributed by atoms with E-state index in [0.717, 1.165) is 0 Å². The minimum Gasteiger partial charge on any atom is -0.480 e. The van der Waals surface area contributed by atoms with Gasteiger partial charge in [0, 0.05) is 13.7 Å². The molecule has 0 radical (unpaired) electrons. The number of methoxy groups -OCH3 is 1. The summed E-state index contributed by atoms with van der Waals surface area (Å²) in [5.74, 6) is -1.64. The Hall–Kier alpha value is -0.700. The van der Waals surface area contributed by atoms with Crippen molar-refractivity contribution in [3.63, 3.8) is 0 Å². The van der Waals surface area contributed by atoms with E-state index < -0.39 is 28.6 Å². The van der Waals surface area contributed by atoms with Gasteiger partial charge in [-0.05, 0) is 6.42 Å². The number of carboxylic acid groups (broad SMARTS) is 1. The number of hydrogen-bond acceptors (Lipinski definition) is 5. The Balaban J connectivity index is 4.17. The number of carboxylic acids is 1. The van der Waals surface area contributed by atoms with Gasteiger partial charge in [-0.15, -0.1) is 0 Å². The first-order valence-electron chi connectivity index (χ1n) is 4.25. The van der Waals surface area contributed by atoms with E-state index in [-0.39, 0.29) is 18.8 Å². The number of sulfonamides is 1. The molecular weight excluding hydrogens is 226 g/mol. The molecule has 0 fully saturated rings. The highest BCUT2D eigenvalue weighted by atomic mass is 32.2. The van der Waals surface area contributed by atoms with Crippen molar-refractivity contribution in [3.05, 3.63) is 0 Å². The van der Waals surface area contributed by atoms with E-state index in [1.807, 2.05) is 4.72 Å². The third-order valence-corrected chi connectivity index (χ3v) is 3.03. The van der Waals surface area contributed by atoms with Gasteiger partial charge in [0.15, 0.2) is 0 Å². The predicted octanol–water partition coefficient (Wildman–Crippen LogP) is -1.61. The fourth-order valence-electron chi connectivity index (χ4n) is 0.835. The topological polar surface area (TPSA) is 113 Å². The van der Waals surface area contributed by atoms with Gasteiger partial charge in [0.2, 0.25) is 10.0 Å². The molecule has 0 rings (SSSR count). The smallest absolute Gasteiger partial charge is 0.324 e. The summed E-state index contributed by atoms with van der Waals surface area (Å²) >= 11 is 0. The van der Waals surface area contributed by atoms with Crippen molar-refractivity contribution < 1.29 is 28.2 Å². The van der Waals surface area contributed by atoms with Crippen LogP contribution in [-0.2, 0) is 19.6 Å². The zero-order valence-electron chi connectivity index (χ0n) is 8.34. The fourth-order valence-corrected chi connectivity index (χ4v) is 2.06. The number of aliphatic carboxylic acids is 1. The Morgan fingerprint density at radius 1 is 1.53 bits per heavy atom. The molecule has 0 aromatic heterocycles. The van der Waals surface area contributed by atoms with Crippen molar-refractivity contribution in [2.45, 2.75) is 12.5 Å². The van der Waals surface area contributed by atoms with Crippen molar-refractivity contribution in [2.24, 2.45) is 0 Å². The van der Waals surface area contributed by atoms with E-state index in [1.54, 1.807) is 0 Å². The number of ether oxygens (including phenoxy) is 1. The molecule has 90 valence electrons. The van der Waals surface area contributed by atoms with Gasteiger partial charge in [-0.3, -0.25) is 4.79 Å². The number of aliphatic hydroxyl groups excluding tert-OH is 1. The second-order valence-electron chi connectivity index (χ2n) is 2.86. The number of carbonyl (C=O) groups is 1. The van der Waals surface area contributed by atoms with Gasteiger partial charge in [-0.25, -0.2) is 8.42 Å². The molecule has 0 aromatic carbocycles. The van der Waals surface area contributed by atoms with Crippen molar-refractivity contribution >= 4 is 16.0 Å². The second kappa shape index (κ2) is 6.72. The minimum absolute atomic E-state index is 0.232. The number of hydrogen-bond donors (Lipinski definition) is 3. The van der Waals surface area contributed by atoms with E-state index in [4.69, 9.17) is 10.2 Å². The van der Waals surface area contributed by atoms with Crippen molar-refractivity contribution in [1.29, 1.82) is 0 Å². The average Bonchev–Trinajstić information content (AvgIpc) is 2.14. The van der Waals surface area contributed by atoms with Crippen LogP contribution in [0.1, 0.15) is 6.42 Å². The summed E-state index contributed by atoms with van der Waals surface area (Å²) in [6, 6.07) is -1.49. The zero-order valence-corrected chi connectivity index (χ0v) is 9.16. The maximum atomic E-state index is 11.2. The lowest BCUT2D eigenvalue weighted by atomic mass is 10.3. The molecule has 0 aliphatic heterocycles. The summed E-state index contributed by atoms with van der Waals surface area (Å²) in [4.78, 5) is 10.4. The quantitative estimate of drug-likeness (QED) is 0.440. The minimum atomic E-state index is -3.68. The maximum absolute atomic E-state index is 11.2. The van der Waals surface area contributed by atoms with Crippen LogP contribution in [0.2, 0.25) is 0 Å². The van der Waals surface area contributed by atoms with Crippen LogP contribution in [0, 0.1) is 0 Å². The molecule has 0 bridgehead atoms. The molecule has 8 heteroatoms. The van der Waals surface area contributed by atoms with Crippen LogP contribution in [0.5, 0.6) is 0 Å². The Labute approximate surface area is 88.1 Å². The number of nitrogens with one attached hydrogen (secondary N) is 1. The molecule has 1 atom stereocenters. The van der Waals surface area contributed by atoms with Gasteiger partial charge in [-0.2, -0.15) is 4.72 Å². The number of aliphatic hydroxyl groups is 1. The summed E-state index contributed by atoms with van der Waals surface area (Å²) in [5, 5.41) is 17.1. The van der Waals surface area contributed by atoms with E-state index in [1.165, 1.54) is 7.11 Å². The lowest BCUT2D eigenvalue weighted by Gasteiger charge is -2.11. The first-order chi connectivity index (χ1) is 6.93. The van der Waals surface area contributed by atoms with Crippen molar-refractivity contribution in [2.75, 3.05) is 26.1 Å². The third kappa shape index (κ3) is 6.39. The van der Waals surface area contributed by atoms with Gasteiger partial charge < -0.3 is 14.9 Å². The highest BCUT2D eigenvalue weighted by molar-refractivity contribution is 7.89. The molecule has 0 aliphatic rings. The standard InChI is InChI=1S/C7H15NO6S/c1-14-3-2-4-15(12,13)8-6(5-9)7(10)11/h6,8-9H,2-5H2,1H3,(H,10,11)/t6-/m0/s1. The Bertz CT molecular complexity index is 288. The molecule has 15 heavy (non-hydrogen) atoms. The van der Waals surface area contributed by atoms with Gasteiger partial charge in [-0.1, -0.05) is 0 Å². The van der Waals surface area contributed by atoms with Gasteiger partial charge >= 0.3 is 5.97 Å².